The van der Waals surface area contributed by atoms with Gasteiger partial charge in [0, 0.05) is 6.92 Å². The number of rotatable bonds is 5. The Kier molecular flexibility index (Phi) is 4.26. The monoisotopic (exact) mass is 236 g/mol. The number of carbonyl (C=O) groups is 2. The van der Waals surface area contributed by atoms with E-state index in [2.05, 4.69) is 0 Å². The van der Waals surface area contributed by atoms with Crippen molar-refractivity contribution >= 4 is 11.9 Å². The molecular weight excluding hydrogens is 220 g/mol. The van der Waals surface area contributed by atoms with Crippen LogP contribution < -0.4 is 0 Å². The largest absolute Gasteiger partial charge is 0.480 e. The molecule has 0 saturated heterocycles. The van der Waals surface area contributed by atoms with Gasteiger partial charge in [-0.3, -0.25) is 9.59 Å². The molecule has 0 aliphatic carbocycles. The van der Waals surface area contributed by atoms with Crippen molar-refractivity contribution in [3.8, 4) is 0 Å². The molecule has 92 valence electrons. The molecule has 0 heterocycles. The van der Waals surface area contributed by atoms with Gasteiger partial charge in [0.25, 0.3) is 0 Å². The van der Waals surface area contributed by atoms with Crippen LogP contribution in [-0.4, -0.2) is 23.7 Å². The van der Waals surface area contributed by atoms with Crippen LogP contribution in [0.2, 0.25) is 0 Å². The number of carboxylic acids is 1. The van der Waals surface area contributed by atoms with E-state index in [9.17, 15) is 14.7 Å². The number of carbonyl (C=O) groups excluding carboxylic acids is 1. The second-order valence-corrected chi connectivity index (χ2v) is 3.89. The molecule has 17 heavy (non-hydrogen) atoms. The summed E-state index contributed by atoms with van der Waals surface area (Å²) in [5.74, 6) is -1.45. The zero-order chi connectivity index (χ0) is 12.9. The van der Waals surface area contributed by atoms with E-state index >= 15 is 0 Å². The van der Waals surface area contributed by atoms with Crippen molar-refractivity contribution in [2.75, 3.05) is 6.61 Å². The van der Waals surface area contributed by atoms with Crippen LogP contribution in [-0.2, 0) is 19.7 Å². The molecule has 0 saturated carbocycles. The smallest absolute Gasteiger partial charge is 0.317 e. The minimum absolute atomic E-state index is 0.141. The molecule has 1 atom stereocenters. The maximum atomic E-state index is 11.5. The Morgan fingerprint density at radius 1 is 1.29 bits per heavy atom. The highest BCUT2D eigenvalue weighted by Gasteiger charge is 2.39. The van der Waals surface area contributed by atoms with Gasteiger partial charge >= 0.3 is 11.9 Å². The Morgan fingerprint density at radius 2 is 1.88 bits per heavy atom. The third-order valence-electron chi connectivity index (χ3n) is 2.86. The average molecular weight is 236 g/mol. The maximum Gasteiger partial charge on any atom is 0.317 e. The van der Waals surface area contributed by atoms with Gasteiger partial charge < -0.3 is 9.84 Å². The average Bonchev–Trinajstić information content (AvgIpc) is 2.31. The molecule has 0 spiro atoms. The van der Waals surface area contributed by atoms with Crippen LogP contribution in [0.15, 0.2) is 30.3 Å². The fourth-order valence-corrected chi connectivity index (χ4v) is 1.71. The Balaban J connectivity index is 3.09. The van der Waals surface area contributed by atoms with E-state index in [4.69, 9.17) is 4.74 Å². The van der Waals surface area contributed by atoms with Gasteiger partial charge in [0.1, 0.15) is 12.0 Å². The van der Waals surface area contributed by atoms with Gasteiger partial charge in [-0.05, 0) is 12.0 Å². The van der Waals surface area contributed by atoms with E-state index in [1.807, 2.05) is 6.07 Å². The molecule has 4 heteroatoms. The zero-order valence-electron chi connectivity index (χ0n) is 9.97. The van der Waals surface area contributed by atoms with E-state index in [-0.39, 0.29) is 6.61 Å². The van der Waals surface area contributed by atoms with Crippen molar-refractivity contribution < 1.29 is 19.4 Å². The summed E-state index contributed by atoms with van der Waals surface area (Å²) in [5, 5.41) is 9.40. The summed E-state index contributed by atoms with van der Waals surface area (Å²) in [5.41, 5.74) is -0.510. The van der Waals surface area contributed by atoms with E-state index in [1.165, 1.54) is 6.92 Å². The van der Waals surface area contributed by atoms with Gasteiger partial charge in [-0.25, -0.2) is 0 Å². The fourth-order valence-electron chi connectivity index (χ4n) is 1.71. The molecule has 0 aromatic heterocycles. The molecule has 1 unspecified atom stereocenters. The lowest BCUT2D eigenvalue weighted by Gasteiger charge is -2.27. The van der Waals surface area contributed by atoms with Crippen molar-refractivity contribution in [2.24, 2.45) is 0 Å². The van der Waals surface area contributed by atoms with Crippen molar-refractivity contribution in [1.29, 1.82) is 0 Å². The van der Waals surface area contributed by atoms with Crippen LogP contribution in [0.1, 0.15) is 25.8 Å². The molecule has 1 aromatic rings. The van der Waals surface area contributed by atoms with E-state index in [0.717, 1.165) is 0 Å². The summed E-state index contributed by atoms with van der Waals surface area (Å²) in [4.78, 5) is 22.3. The minimum atomic E-state index is -1.16. The molecule has 1 rings (SSSR count). The van der Waals surface area contributed by atoms with Crippen LogP contribution >= 0.6 is 0 Å². The molecule has 1 aromatic carbocycles. The first-order valence-corrected chi connectivity index (χ1v) is 5.45. The Morgan fingerprint density at radius 3 is 2.29 bits per heavy atom. The van der Waals surface area contributed by atoms with Gasteiger partial charge in [-0.15, -0.1) is 0 Å². The SMILES string of the molecule is CCC(COC(C)=O)(C(=O)O)c1ccccc1. The summed E-state index contributed by atoms with van der Waals surface area (Å²) >= 11 is 0. The summed E-state index contributed by atoms with van der Waals surface area (Å²) in [6.45, 7) is 2.90. The van der Waals surface area contributed by atoms with Crippen LogP contribution in [0.25, 0.3) is 0 Å². The van der Waals surface area contributed by atoms with Crippen molar-refractivity contribution in [2.45, 2.75) is 25.7 Å². The quantitative estimate of drug-likeness (QED) is 0.794. The summed E-state index contributed by atoms with van der Waals surface area (Å²) in [7, 11) is 0. The summed E-state index contributed by atoms with van der Waals surface area (Å²) < 4.78 is 4.89. The van der Waals surface area contributed by atoms with Gasteiger partial charge in [0.15, 0.2) is 0 Å². The van der Waals surface area contributed by atoms with Crippen molar-refractivity contribution in [3.05, 3.63) is 35.9 Å². The molecule has 0 bridgehead atoms. The lowest BCUT2D eigenvalue weighted by atomic mass is 9.79. The van der Waals surface area contributed by atoms with Gasteiger partial charge in [0.2, 0.25) is 0 Å². The Bertz CT molecular complexity index is 399. The molecular formula is C13H16O4. The first-order valence-electron chi connectivity index (χ1n) is 5.45. The normalized spacial score (nSPS) is 13.8. The molecule has 0 aliphatic heterocycles. The van der Waals surface area contributed by atoms with Crippen LogP contribution in [0.5, 0.6) is 0 Å². The third kappa shape index (κ3) is 2.84. The first kappa shape index (κ1) is 13.2. The molecule has 0 radical (unpaired) electrons. The van der Waals surface area contributed by atoms with Crippen molar-refractivity contribution in [1.82, 2.24) is 0 Å². The Hall–Kier alpha value is -1.84. The van der Waals surface area contributed by atoms with E-state index < -0.39 is 17.4 Å². The predicted molar refractivity (Wildman–Crippen MR) is 62.7 cm³/mol. The lowest BCUT2D eigenvalue weighted by Crippen LogP contribution is -2.40. The van der Waals surface area contributed by atoms with Crippen LogP contribution in [0.3, 0.4) is 0 Å². The van der Waals surface area contributed by atoms with E-state index in [0.29, 0.717) is 12.0 Å². The number of carboxylic acid groups (broad SMARTS) is 1. The number of hydrogen-bond acceptors (Lipinski definition) is 3. The third-order valence-corrected chi connectivity index (χ3v) is 2.86. The standard InChI is InChI=1S/C13H16O4/c1-3-13(12(15)16,9-17-10(2)14)11-7-5-4-6-8-11/h4-8H,3,9H2,1-2H3,(H,15,16). The van der Waals surface area contributed by atoms with Crippen LogP contribution in [0, 0.1) is 0 Å². The second kappa shape index (κ2) is 5.48. The molecule has 0 aliphatic rings. The zero-order valence-corrected chi connectivity index (χ0v) is 9.97. The maximum absolute atomic E-state index is 11.5. The highest BCUT2D eigenvalue weighted by Crippen LogP contribution is 2.28. The number of ether oxygens (including phenoxy) is 1. The van der Waals surface area contributed by atoms with E-state index in [1.54, 1.807) is 31.2 Å². The fraction of sp³-hybridized carbons (Fsp3) is 0.385. The van der Waals surface area contributed by atoms with Crippen LogP contribution in [0.4, 0.5) is 0 Å². The van der Waals surface area contributed by atoms with Gasteiger partial charge in [-0.2, -0.15) is 0 Å². The minimum Gasteiger partial charge on any atom is -0.480 e. The highest BCUT2D eigenvalue weighted by molar-refractivity contribution is 5.82. The number of aliphatic carboxylic acids is 1. The molecule has 0 fully saturated rings. The van der Waals surface area contributed by atoms with Gasteiger partial charge in [-0.1, -0.05) is 37.3 Å². The Labute approximate surface area is 100 Å². The van der Waals surface area contributed by atoms with Crippen molar-refractivity contribution in [3.63, 3.8) is 0 Å². The second-order valence-electron chi connectivity index (χ2n) is 3.89. The molecule has 1 N–H and O–H groups in total. The number of esters is 1. The summed E-state index contributed by atoms with van der Waals surface area (Å²) in [6, 6.07) is 8.84. The summed E-state index contributed by atoms with van der Waals surface area (Å²) in [6.07, 6.45) is 0.361. The number of benzene rings is 1. The highest BCUT2D eigenvalue weighted by atomic mass is 16.5. The topological polar surface area (TPSA) is 63.6 Å². The first-order chi connectivity index (χ1) is 8.03. The number of hydrogen-bond donors (Lipinski definition) is 1. The predicted octanol–water partition coefficient (Wildman–Crippen LogP) is 1.98. The molecule has 0 amide bonds. The lowest BCUT2D eigenvalue weighted by molar-refractivity contribution is -0.152. The molecule has 4 nitrogen and oxygen atoms in total. The van der Waals surface area contributed by atoms with Gasteiger partial charge in [0.05, 0.1) is 0 Å².